The standard InChI is InChI=1S/C23H33N3O3S/c1-3-4-14-25-23(27)20-12-10-19(11-13-20)21-15-22(30(24,28)29)17(2)26(21)16-18-8-6-5-7-9-18/h10-13,15,18H,3-9,14,16H2,1-2H3,(H,25,27)(H2,24,28,29). The number of nitrogens with two attached hydrogens (primary N) is 1. The summed E-state index contributed by atoms with van der Waals surface area (Å²) in [5.74, 6) is 0.453. The Hall–Kier alpha value is -2.12. The summed E-state index contributed by atoms with van der Waals surface area (Å²) in [6.45, 7) is 5.36. The average molecular weight is 432 g/mol. The number of nitrogens with one attached hydrogen (secondary N) is 1. The summed E-state index contributed by atoms with van der Waals surface area (Å²) in [5.41, 5.74) is 3.00. The highest BCUT2D eigenvalue weighted by molar-refractivity contribution is 7.89. The van der Waals surface area contributed by atoms with Crippen LogP contribution in [0.5, 0.6) is 0 Å². The van der Waals surface area contributed by atoms with Crippen molar-refractivity contribution in [3.63, 3.8) is 0 Å². The number of hydrogen-bond donors (Lipinski definition) is 2. The lowest BCUT2D eigenvalue weighted by Crippen LogP contribution is -2.24. The van der Waals surface area contributed by atoms with Gasteiger partial charge in [-0.25, -0.2) is 13.6 Å². The van der Waals surface area contributed by atoms with Gasteiger partial charge < -0.3 is 9.88 Å². The molecule has 1 amide bonds. The molecule has 0 atom stereocenters. The highest BCUT2D eigenvalue weighted by Gasteiger charge is 2.23. The Kier molecular flexibility index (Phi) is 7.36. The van der Waals surface area contributed by atoms with Gasteiger partial charge in [-0.2, -0.15) is 0 Å². The zero-order valence-electron chi connectivity index (χ0n) is 18.0. The van der Waals surface area contributed by atoms with Crippen LogP contribution in [0.1, 0.15) is 67.9 Å². The molecule has 0 spiro atoms. The van der Waals surface area contributed by atoms with E-state index in [0.29, 0.717) is 23.7 Å². The van der Waals surface area contributed by atoms with Gasteiger partial charge in [-0.05, 0) is 55.9 Å². The first-order valence-corrected chi connectivity index (χ1v) is 12.5. The minimum absolute atomic E-state index is 0.0889. The smallest absolute Gasteiger partial charge is 0.251 e. The summed E-state index contributed by atoms with van der Waals surface area (Å²) in [6.07, 6.45) is 8.04. The Morgan fingerprint density at radius 1 is 1.17 bits per heavy atom. The maximum atomic E-state index is 12.3. The van der Waals surface area contributed by atoms with E-state index in [0.717, 1.165) is 30.6 Å². The number of hydrogen-bond acceptors (Lipinski definition) is 3. The third-order valence-electron chi connectivity index (χ3n) is 6.05. The van der Waals surface area contributed by atoms with Crippen molar-refractivity contribution < 1.29 is 13.2 Å². The van der Waals surface area contributed by atoms with Crippen molar-refractivity contribution in [2.24, 2.45) is 11.1 Å². The van der Waals surface area contributed by atoms with Crippen molar-refractivity contribution in [2.45, 2.75) is 70.2 Å². The van der Waals surface area contributed by atoms with Gasteiger partial charge in [0.15, 0.2) is 0 Å². The summed E-state index contributed by atoms with van der Waals surface area (Å²) >= 11 is 0. The van der Waals surface area contributed by atoms with Gasteiger partial charge in [0.1, 0.15) is 4.90 Å². The Bertz CT molecular complexity index is 972. The molecule has 0 bridgehead atoms. The van der Waals surface area contributed by atoms with Gasteiger partial charge in [-0.1, -0.05) is 44.7 Å². The number of carbonyl (C=O) groups is 1. The van der Waals surface area contributed by atoms with Crippen LogP contribution in [0.15, 0.2) is 35.2 Å². The minimum atomic E-state index is -3.80. The van der Waals surface area contributed by atoms with Crippen molar-refractivity contribution in [3.8, 4) is 11.3 Å². The number of carbonyl (C=O) groups excluding carboxylic acids is 1. The van der Waals surface area contributed by atoms with E-state index in [-0.39, 0.29) is 10.8 Å². The zero-order chi connectivity index (χ0) is 21.7. The van der Waals surface area contributed by atoms with Crippen LogP contribution in [0.25, 0.3) is 11.3 Å². The third kappa shape index (κ3) is 5.32. The quantitative estimate of drug-likeness (QED) is 0.613. The van der Waals surface area contributed by atoms with Gasteiger partial charge in [0.2, 0.25) is 10.0 Å². The normalized spacial score (nSPS) is 15.3. The predicted octanol–water partition coefficient (Wildman–Crippen LogP) is 4.22. The highest BCUT2D eigenvalue weighted by Crippen LogP contribution is 2.32. The van der Waals surface area contributed by atoms with Crippen LogP contribution in [-0.4, -0.2) is 25.4 Å². The molecule has 0 unspecified atom stereocenters. The fraction of sp³-hybridized carbons (Fsp3) is 0.522. The number of amides is 1. The van der Waals surface area contributed by atoms with E-state index in [4.69, 9.17) is 5.14 Å². The van der Waals surface area contributed by atoms with Crippen LogP contribution in [0, 0.1) is 12.8 Å². The lowest BCUT2D eigenvalue weighted by Gasteiger charge is -2.24. The molecule has 30 heavy (non-hydrogen) atoms. The predicted molar refractivity (Wildman–Crippen MR) is 120 cm³/mol. The molecule has 3 N–H and O–H groups in total. The molecule has 1 saturated carbocycles. The van der Waals surface area contributed by atoms with Crippen molar-refractivity contribution in [1.82, 2.24) is 9.88 Å². The highest BCUT2D eigenvalue weighted by atomic mass is 32.2. The average Bonchev–Trinajstić information content (AvgIpc) is 3.05. The number of rotatable bonds is 8. The van der Waals surface area contributed by atoms with E-state index < -0.39 is 10.0 Å². The van der Waals surface area contributed by atoms with Crippen LogP contribution in [0.2, 0.25) is 0 Å². The van der Waals surface area contributed by atoms with Crippen molar-refractivity contribution in [1.29, 1.82) is 0 Å². The Balaban J connectivity index is 1.90. The molecule has 0 radical (unpaired) electrons. The van der Waals surface area contributed by atoms with Crippen LogP contribution in [0.3, 0.4) is 0 Å². The van der Waals surface area contributed by atoms with Gasteiger partial charge in [0.25, 0.3) is 5.91 Å². The molecule has 1 aromatic heterocycles. The van der Waals surface area contributed by atoms with Crippen LogP contribution >= 0.6 is 0 Å². The van der Waals surface area contributed by atoms with Crippen molar-refractivity contribution in [2.75, 3.05) is 6.54 Å². The van der Waals surface area contributed by atoms with Gasteiger partial charge >= 0.3 is 0 Å². The first kappa shape index (κ1) is 22.6. The number of nitrogens with zero attached hydrogens (tertiary/aromatic N) is 1. The number of sulfonamides is 1. The molecule has 1 aromatic carbocycles. The van der Waals surface area contributed by atoms with Gasteiger partial charge in [0.05, 0.1) is 0 Å². The Labute approximate surface area is 179 Å². The number of benzene rings is 1. The number of unbranched alkanes of at least 4 members (excludes halogenated alkanes) is 1. The van der Waals surface area contributed by atoms with Crippen molar-refractivity contribution >= 4 is 15.9 Å². The summed E-state index contributed by atoms with van der Waals surface area (Å²) in [4.78, 5) is 12.5. The Morgan fingerprint density at radius 3 is 2.43 bits per heavy atom. The second kappa shape index (κ2) is 9.79. The van der Waals surface area contributed by atoms with E-state index in [1.807, 2.05) is 19.1 Å². The van der Waals surface area contributed by atoms with Crippen LogP contribution in [0.4, 0.5) is 0 Å². The number of aromatic nitrogens is 1. The molecule has 1 aliphatic carbocycles. The maximum absolute atomic E-state index is 12.3. The molecule has 1 fully saturated rings. The van der Waals surface area contributed by atoms with E-state index in [9.17, 15) is 13.2 Å². The fourth-order valence-corrected chi connectivity index (χ4v) is 5.08. The third-order valence-corrected chi connectivity index (χ3v) is 7.08. The zero-order valence-corrected chi connectivity index (χ0v) is 18.8. The molecular weight excluding hydrogens is 398 g/mol. The van der Waals surface area contributed by atoms with Crippen LogP contribution in [-0.2, 0) is 16.6 Å². The molecule has 1 aliphatic rings. The SMILES string of the molecule is CCCCNC(=O)c1ccc(-c2cc(S(N)(=O)=O)c(C)n2CC2CCCCC2)cc1. The summed E-state index contributed by atoms with van der Waals surface area (Å²) in [7, 11) is -3.80. The largest absolute Gasteiger partial charge is 0.352 e. The van der Waals surface area contributed by atoms with Crippen molar-refractivity contribution in [3.05, 3.63) is 41.6 Å². The first-order valence-electron chi connectivity index (χ1n) is 10.9. The van der Waals surface area contributed by atoms with Gasteiger partial charge in [-0.15, -0.1) is 0 Å². The summed E-state index contributed by atoms with van der Waals surface area (Å²) < 4.78 is 26.3. The molecule has 6 nitrogen and oxygen atoms in total. The lowest BCUT2D eigenvalue weighted by molar-refractivity contribution is 0.0953. The van der Waals surface area contributed by atoms with E-state index >= 15 is 0 Å². The molecule has 7 heteroatoms. The molecule has 3 rings (SSSR count). The fourth-order valence-electron chi connectivity index (χ4n) is 4.28. The molecule has 0 aliphatic heterocycles. The lowest BCUT2D eigenvalue weighted by atomic mass is 9.89. The Morgan fingerprint density at radius 2 is 1.83 bits per heavy atom. The molecule has 1 heterocycles. The second-order valence-electron chi connectivity index (χ2n) is 8.33. The molecule has 164 valence electrons. The van der Waals surface area contributed by atoms with E-state index in [1.165, 1.54) is 32.1 Å². The minimum Gasteiger partial charge on any atom is -0.352 e. The van der Waals surface area contributed by atoms with Crippen LogP contribution < -0.4 is 10.5 Å². The monoisotopic (exact) mass is 431 g/mol. The molecular formula is C23H33N3O3S. The first-order chi connectivity index (χ1) is 14.3. The molecule has 2 aromatic rings. The van der Waals surface area contributed by atoms with Gasteiger partial charge in [-0.3, -0.25) is 4.79 Å². The number of primary sulfonamides is 1. The van der Waals surface area contributed by atoms with Gasteiger partial charge in [0, 0.05) is 30.0 Å². The second-order valence-corrected chi connectivity index (χ2v) is 9.86. The molecule has 0 saturated heterocycles. The summed E-state index contributed by atoms with van der Waals surface area (Å²) in [5, 5.41) is 8.40. The van der Waals surface area contributed by atoms with E-state index in [1.54, 1.807) is 18.2 Å². The summed E-state index contributed by atoms with van der Waals surface area (Å²) in [6, 6.07) is 9.02. The van der Waals surface area contributed by atoms with E-state index in [2.05, 4.69) is 16.8 Å². The topological polar surface area (TPSA) is 94.2 Å². The maximum Gasteiger partial charge on any atom is 0.251 e.